The molecule has 0 saturated carbocycles. The zero-order valence-electron chi connectivity index (χ0n) is 14.9. The number of hydrogen-bond acceptors (Lipinski definition) is 5. The lowest BCUT2D eigenvalue weighted by Gasteiger charge is -2.28. The summed E-state index contributed by atoms with van der Waals surface area (Å²) < 4.78 is 11.3. The SMILES string of the molecule is O=C1C[NH+](CC(=O)N(Cc2cccs2)c2ccc3c(c2)OCCO3)CCN1. The second-order valence-corrected chi connectivity index (χ2v) is 7.62. The van der Waals surface area contributed by atoms with Gasteiger partial charge in [0.15, 0.2) is 24.6 Å². The molecule has 2 amide bonds. The molecule has 2 aliphatic heterocycles. The molecule has 0 spiro atoms. The van der Waals surface area contributed by atoms with E-state index in [0.29, 0.717) is 44.3 Å². The standard InChI is InChI=1S/C19H21N3O4S/c23-18-12-21(6-5-20-18)13-19(24)22(11-15-2-1-9-27-15)14-3-4-16-17(10-14)26-8-7-25-16/h1-4,9-10H,5-8,11-13H2,(H,20,23)/p+1. The van der Waals surface area contributed by atoms with Crippen molar-refractivity contribution >= 4 is 28.8 Å². The van der Waals surface area contributed by atoms with Crippen LogP contribution >= 0.6 is 11.3 Å². The molecule has 1 aromatic heterocycles. The van der Waals surface area contributed by atoms with Crippen LogP contribution in [0.2, 0.25) is 0 Å². The Morgan fingerprint density at radius 1 is 1.22 bits per heavy atom. The van der Waals surface area contributed by atoms with Crippen molar-refractivity contribution in [2.24, 2.45) is 0 Å². The largest absolute Gasteiger partial charge is 0.486 e. The summed E-state index contributed by atoms with van der Waals surface area (Å²) in [4.78, 5) is 28.6. The number of nitrogens with zero attached hydrogens (tertiary/aromatic N) is 1. The van der Waals surface area contributed by atoms with Crippen LogP contribution in [-0.4, -0.2) is 51.2 Å². The van der Waals surface area contributed by atoms with Gasteiger partial charge in [0.25, 0.3) is 11.8 Å². The number of anilines is 1. The highest BCUT2D eigenvalue weighted by molar-refractivity contribution is 7.09. The molecular weight excluding hydrogens is 366 g/mol. The van der Waals surface area contributed by atoms with Crippen molar-refractivity contribution in [3.63, 3.8) is 0 Å². The van der Waals surface area contributed by atoms with Crippen LogP contribution in [0.4, 0.5) is 5.69 Å². The van der Waals surface area contributed by atoms with Crippen molar-refractivity contribution in [3.8, 4) is 11.5 Å². The smallest absolute Gasteiger partial charge is 0.282 e. The fourth-order valence-electron chi connectivity index (χ4n) is 3.30. The maximum atomic E-state index is 13.1. The molecule has 1 unspecified atom stereocenters. The number of thiophene rings is 1. The Morgan fingerprint density at radius 3 is 2.85 bits per heavy atom. The number of quaternary nitrogens is 1. The molecular formula is C19H22N3O4S+. The number of rotatable bonds is 5. The Bertz CT molecular complexity index is 824. The van der Waals surface area contributed by atoms with E-state index in [-0.39, 0.29) is 18.4 Å². The molecule has 7 nitrogen and oxygen atoms in total. The minimum atomic E-state index is -0.00946. The van der Waals surface area contributed by atoms with Crippen LogP contribution < -0.4 is 24.6 Å². The monoisotopic (exact) mass is 388 g/mol. The molecule has 2 aromatic rings. The highest BCUT2D eigenvalue weighted by Crippen LogP contribution is 2.34. The number of fused-ring (bicyclic) bond motifs is 1. The second-order valence-electron chi connectivity index (χ2n) is 6.59. The Balaban J connectivity index is 1.56. The molecule has 1 saturated heterocycles. The highest BCUT2D eigenvalue weighted by Gasteiger charge is 2.27. The fourth-order valence-corrected chi connectivity index (χ4v) is 3.99. The van der Waals surface area contributed by atoms with Gasteiger partial charge in [-0.3, -0.25) is 9.59 Å². The van der Waals surface area contributed by atoms with Gasteiger partial charge in [-0.15, -0.1) is 11.3 Å². The van der Waals surface area contributed by atoms with Crippen molar-refractivity contribution in [1.29, 1.82) is 0 Å². The van der Waals surface area contributed by atoms with Gasteiger partial charge < -0.3 is 24.6 Å². The van der Waals surface area contributed by atoms with Gasteiger partial charge >= 0.3 is 0 Å². The summed E-state index contributed by atoms with van der Waals surface area (Å²) in [6.45, 7) is 3.51. The van der Waals surface area contributed by atoms with Gasteiger partial charge in [-0.05, 0) is 23.6 Å². The Labute approximate surface area is 161 Å². The average Bonchev–Trinajstić information content (AvgIpc) is 3.19. The molecule has 4 rings (SSSR count). The molecule has 0 radical (unpaired) electrons. The number of hydrogen-bond donors (Lipinski definition) is 2. The second kappa shape index (κ2) is 7.98. The van der Waals surface area contributed by atoms with E-state index in [1.807, 2.05) is 35.7 Å². The van der Waals surface area contributed by atoms with Gasteiger partial charge in [-0.2, -0.15) is 0 Å². The summed E-state index contributed by atoms with van der Waals surface area (Å²) in [7, 11) is 0. The molecule has 1 atom stereocenters. The Hall–Kier alpha value is -2.58. The molecule has 142 valence electrons. The predicted octanol–water partition coefficient (Wildman–Crippen LogP) is 0.0672. The van der Waals surface area contributed by atoms with Gasteiger partial charge in [-0.1, -0.05) is 6.07 Å². The van der Waals surface area contributed by atoms with Crippen LogP contribution in [-0.2, 0) is 16.1 Å². The summed E-state index contributed by atoms with van der Waals surface area (Å²) in [5.74, 6) is 1.34. The van der Waals surface area contributed by atoms with Crippen LogP contribution in [0, 0.1) is 0 Å². The van der Waals surface area contributed by atoms with Crippen LogP contribution in [0.1, 0.15) is 4.88 Å². The number of carbonyl (C=O) groups excluding carboxylic acids is 2. The van der Waals surface area contributed by atoms with Crippen LogP contribution in [0.5, 0.6) is 11.5 Å². The van der Waals surface area contributed by atoms with Gasteiger partial charge in [0.05, 0.1) is 19.6 Å². The molecule has 1 fully saturated rings. The van der Waals surface area contributed by atoms with E-state index in [9.17, 15) is 9.59 Å². The first kappa shape index (κ1) is 17.8. The van der Waals surface area contributed by atoms with Crippen molar-refractivity contribution in [1.82, 2.24) is 5.32 Å². The van der Waals surface area contributed by atoms with Gasteiger partial charge in [-0.25, -0.2) is 0 Å². The van der Waals surface area contributed by atoms with Crippen LogP contribution in [0.15, 0.2) is 35.7 Å². The quantitative estimate of drug-likeness (QED) is 0.760. The summed E-state index contributed by atoms with van der Waals surface area (Å²) in [5, 5.41) is 4.81. The molecule has 8 heteroatoms. The van der Waals surface area contributed by atoms with E-state index in [0.717, 1.165) is 22.0 Å². The molecule has 3 heterocycles. The zero-order valence-corrected chi connectivity index (χ0v) is 15.7. The minimum absolute atomic E-state index is 0.00631. The lowest BCUT2D eigenvalue weighted by atomic mass is 10.2. The minimum Gasteiger partial charge on any atom is -0.486 e. The summed E-state index contributed by atoms with van der Waals surface area (Å²) in [5.41, 5.74) is 0.776. The third-order valence-corrected chi connectivity index (χ3v) is 5.51. The highest BCUT2D eigenvalue weighted by atomic mass is 32.1. The Kier molecular flexibility index (Phi) is 5.26. The summed E-state index contributed by atoms with van der Waals surface area (Å²) in [6.07, 6.45) is 0. The summed E-state index contributed by atoms with van der Waals surface area (Å²) >= 11 is 1.62. The Morgan fingerprint density at radius 2 is 2.07 bits per heavy atom. The first-order chi connectivity index (χ1) is 13.2. The van der Waals surface area contributed by atoms with Crippen LogP contribution in [0.25, 0.3) is 0 Å². The third kappa shape index (κ3) is 4.23. The van der Waals surface area contributed by atoms with Crippen molar-refractivity contribution in [2.75, 3.05) is 44.3 Å². The lowest BCUT2D eigenvalue weighted by molar-refractivity contribution is -0.885. The van der Waals surface area contributed by atoms with Gasteiger partial charge in [0, 0.05) is 16.6 Å². The number of nitrogens with one attached hydrogen (secondary N) is 2. The lowest BCUT2D eigenvalue weighted by Crippen LogP contribution is -3.16. The van der Waals surface area contributed by atoms with Gasteiger partial charge in [0.1, 0.15) is 13.2 Å². The van der Waals surface area contributed by atoms with E-state index in [1.54, 1.807) is 16.2 Å². The van der Waals surface area contributed by atoms with Crippen LogP contribution in [0.3, 0.4) is 0 Å². The first-order valence-corrected chi connectivity index (χ1v) is 9.90. The number of benzene rings is 1. The molecule has 1 aromatic carbocycles. The number of ether oxygens (including phenoxy) is 2. The fraction of sp³-hybridized carbons (Fsp3) is 0.368. The average molecular weight is 388 g/mol. The van der Waals surface area contributed by atoms with E-state index in [4.69, 9.17) is 9.47 Å². The van der Waals surface area contributed by atoms with Gasteiger partial charge in [0.2, 0.25) is 0 Å². The van der Waals surface area contributed by atoms with Crippen molar-refractivity contribution < 1.29 is 24.0 Å². The molecule has 27 heavy (non-hydrogen) atoms. The molecule has 0 aliphatic carbocycles. The topological polar surface area (TPSA) is 72.3 Å². The van der Waals surface area contributed by atoms with Crippen molar-refractivity contribution in [2.45, 2.75) is 6.54 Å². The number of carbonyl (C=O) groups is 2. The van der Waals surface area contributed by atoms with E-state index < -0.39 is 0 Å². The summed E-state index contributed by atoms with van der Waals surface area (Å²) in [6, 6.07) is 9.59. The maximum Gasteiger partial charge on any atom is 0.282 e. The normalized spacial score (nSPS) is 18.7. The number of piperazine rings is 1. The number of amides is 2. The molecule has 0 bridgehead atoms. The first-order valence-electron chi connectivity index (χ1n) is 9.02. The third-order valence-electron chi connectivity index (χ3n) is 4.65. The van der Waals surface area contributed by atoms with E-state index in [2.05, 4.69) is 5.32 Å². The zero-order chi connectivity index (χ0) is 18.6. The van der Waals surface area contributed by atoms with E-state index in [1.165, 1.54) is 0 Å². The van der Waals surface area contributed by atoms with E-state index >= 15 is 0 Å². The molecule has 2 N–H and O–H groups in total. The van der Waals surface area contributed by atoms with Crippen molar-refractivity contribution in [3.05, 3.63) is 40.6 Å². The molecule has 2 aliphatic rings. The maximum absolute atomic E-state index is 13.1. The predicted molar refractivity (Wildman–Crippen MR) is 102 cm³/mol.